The van der Waals surface area contributed by atoms with Gasteiger partial charge in [0.15, 0.2) is 0 Å². The SMILES string of the molecule is C=C[C@H]1CN2CC[C@H]1C[C@H]2[C@H](O)c1ccnc2ccc(OC)cc12.COC(=O)C1=C(C)NC(C)=C(C(=O)OC)C1c1ccccc1[N+](=O)[O-]. The molecule has 3 aromatic rings. The van der Waals surface area contributed by atoms with Gasteiger partial charge in [-0.2, -0.15) is 0 Å². The van der Waals surface area contributed by atoms with Crippen LogP contribution in [0.4, 0.5) is 5.69 Å². The van der Waals surface area contributed by atoms with Gasteiger partial charge >= 0.3 is 11.9 Å². The topological polar surface area (TPSA) is 153 Å². The van der Waals surface area contributed by atoms with Crippen LogP contribution in [0.5, 0.6) is 5.75 Å². The Morgan fingerprint density at radius 1 is 1.08 bits per heavy atom. The number of nitro benzene ring substituents is 1. The normalized spacial score (nSPS) is 22.4. The van der Waals surface area contributed by atoms with Crippen LogP contribution in [0.3, 0.4) is 0 Å². The lowest BCUT2D eigenvalue weighted by molar-refractivity contribution is -0.385. The summed E-state index contributed by atoms with van der Waals surface area (Å²) in [6.07, 6.45) is 5.62. The Morgan fingerprint density at radius 2 is 1.76 bits per heavy atom. The number of dihydropyridines is 1. The molecular weight excluding hydrogens is 628 g/mol. The fourth-order valence-electron chi connectivity index (χ4n) is 7.41. The van der Waals surface area contributed by atoms with Gasteiger partial charge in [0.25, 0.3) is 5.69 Å². The van der Waals surface area contributed by atoms with Gasteiger partial charge in [-0.25, -0.2) is 9.59 Å². The molecule has 2 N–H and O–H groups in total. The first-order chi connectivity index (χ1) is 23.5. The van der Waals surface area contributed by atoms with E-state index in [-0.39, 0.29) is 28.4 Å². The summed E-state index contributed by atoms with van der Waals surface area (Å²) >= 11 is 0. The minimum atomic E-state index is -0.970. The molecule has 5 heterocycles. The predicted molar refractivity (Wildman–Crippen MR) is 183 cm³/mol. The van der Waals surface area contributed by atoms with Crippen molar-refractivity contribution < 1.29 is 33.8 Å². The molecule has 2 bridgehead atoms. The van der Waals surface area contributed by atoms with E-state index < -0.39 is 28.9 Å². The first-order valence-corrected chi connectivity index (χ1v) is 16.1. The molecule has 4 aliphatic heterocycles. The summed E-state index contributed by atoms with van der Waals surface area (Å²) in [5, 5.41) is 26.5. The number of esters is 2. The Morgan fingerprint density at radius 3 is 2.33 bits per heavy atom. The zero-order valence-electron chi connectivity index (χ0n) is 28.3. The molecular formula is C37H42N4O8. The van der Waals surface area contributed by atoms with Crippen molar-refractivity contribution in [3.8, 4) is 5.75 Å². The molecule has 7 rings (SSSR count). The third-order valence-electron chi connectivity index (χ3n) is 9.83. The number of aliphatic hydroxyl groups excluding tert-OH is 1. The second kappa shape index (κ2) is 15.0. The van der Waals surface area contributed by atoms with Crippen molar-refractivity contribution in [3.63, 3.8) is 0 Å². The highest BCUT2D eigenvalue weighted by molar-refractivity contribution is 6.00. The lowest BCUT2D eigenvalue weighted by Crippen LogP contribution is -2.54. The number of rotatable bonds is 8. The van der Waals surface area contributed by atoms with Crippen molar-refractivity contribution in [1.82, 2.24) is 15.2 Å². The molecule has 5 atom stereocenters. The van der Waals surface area contributed by atoms with E-state index in [9.17, 15) is 24.8 Å². The second-order valence-corrected chi connectivity index (χ2v) is 12.4. The number of methoxy groups -OCH3 is 3. The van der Waals surface area contributed by atoms with Crippen molar-refractivity contribution >= 4 is 28.5 Å². The van der Waals surface area contributed by atoms with Gasteiger partial charge in [-0.05, 0) is 74.9 Å². The molecule has 0 spiro atoms. The third-order valence-corrected chi connectivity index (χ3v) is 9.83. The quantitative estimate of drug-likeness (QED) is 0.138. The Labute approximate surface area is 285 Å². The maximum atomic E-state index is 12.3. The average Bonchev–Trinajstić information content (AvgIpc) is 3.13. The van der Waals surface area contributed by atoms with E-state index in [0.29, 0.717) is 23.2 Å². The smallest absolute Gasteiger partial charge is 0.336 e. The maximum Gasteiger partial charge on any atom is 0.336 e. The van der Waals surface area contributed by atoms with Crippen molar-refractivity contribution in [2.45, 2.75) is 44.8 Å². The Balaban J connectivity index is 0.000000191. The van der Waals surface area contributed by atoms with Crippen molar-refractivity contribution in [2.75, 3.05) is 34.4 Å². The summed E-state index contributed by atoms with van der Waals surface area (Å²) in [5.41, 5.74) is 3.04. The highest BCUT2D eigenvalue weighted by Gasteiger charge is 2.43. The van der Waals surface area contributed by atoms with Crippen LogP contribution in [0.2, 0.25) is 0 Å². The van der Waals surface area contributed by atoms with Gasteiger partial charge in [0.05, 0.1) is 54.9 Å². The first-order valence-electron chi connectivity index (χ1n) is 16.1. The zero-order chi connectivity index (χ0) is 35.4. The molecule has 1 unspecified atom stereocenters. The third kappa shape index (κ3) is 6.92. The van der Waals surface area contributed by atoms with E-state index >= 15 is 0 Å². The van der Waals surface area contributed by atoms with Gasteiger partial charge in [-0.15, -0.1) is 6.58 Å². The summed E-state index contributed by atoms with van der Waals surface area (Å²) in [7, 11) is 4.08. The number of fused-ring (bicyclic) bond motifs is 4. The molecule has 49 heavy (non-hydrogen) atoms. The van der Waals surface area contributed by atoms with E-state index in [1.165, 1.54) is 38.8 Å². The van der Waals surface area contributed by atoms with E-state index in [0.717, 1.165) is 41.7 Å². The Hall–Kier alpha value is -5.07. The number of para-hydroxylation sites is 1. The molecule has 4 aliphatic rings. The van der Waals surface area contributed by atoms with Gasteiger partial charge in [-0.1, -0.05) is 24.3 Å². The summed E-state index contributed by atoms with van der Waals surface area (Å²) < 4.78 is 15.0. The molecule has 2 aromatic carbocycles. The lowest BCUT2D eigenvalue weighted by atomic mass is 9.73. The number of hydrogen-bond acceptors (Lipinski definition) is 11. The number of aliphatic hydroxyl groups is 1. The highest BCUT2D eigenvalue weighted by Crippen LogP contribution is 2.43. The lowest BCUT2D eigenvalue weighted by Gasteiger charge is -2.50. The average molecular weight is 671 g/mol. The number of piperidine rings is 3. The van der Waals surface area contributed by atoms with E-state index in [4.69, 9.17) is 14.2 Å². The number of nitrogens with one attached hydrogen (secondary N) is 1. The molecule has 0 saturated carbocycles. The van der Waals surface area contributed by atoms with Gasteiger partial charge in [-0.3, -0.25) is 20.0 Å². The van der Waals surface area contributed by atoms with Crippen LogP contribution < -0.4 is 10.1 Å². The number of allylic oxidation sites excluding steroid dienone is 2. The Bertz CT molecular complexity index is 1800. The fraction of sp³-hybridized carbons (Fsp3) is 0.378. The van der Waals surface area contributed by atoms with Gasteiger partial charge < -0.3 is 24.6 Å². The second-order valence-electron chi connectivity index (χ2n) is 12.4. The molecule has 12 heteroatoms. The van der Waals surface area contributed by atoms with Crippen LogP contribution in [0.25, 0.3) is 10.9 Å². The number of nitrogens with zero attached hydrogens (tertiary/aromatic N) is 3. The maximum absolute atomic E-state index is 12.3. The largest absolute Gasteiger partial charge is 0.497 e. The number of carbonyl (C=O) groups excluding carboxylic acids is 2. The van der Waals surface area contributed by atoms with Crippen LogP contribution >= 0.6 is 0 Å². The summed E-state index contributed by atoms with van der Waals surface area (Å²) in [6, 6.07) is 13.9. The molecule has 12 nitrogen and oxygen atoms in total. The van der Waals surface area contributed by atoms with Gasteiger partial charge in [0, 0.05) is 47.2 Å². The van der Waals surface area contributed by atoms with Crippen LogP contribution in [-0.2, 0) is 19.1 Å². The standard InChI is InChI=1S/C20H24N2O2.C17H18N2O6/c1-3-13-12-22-9-7-14(13)10-19(22)20(23)16-6-8-21-18-5-4-15(24-2)11-17(16)18;1-9-13(16(20)24-3)15(14(10(2)18-9)17(21)25-4)11-7-5-6-8-12(11)19(22)23/h3-6,8,11,13-14,19-20,23H,1,7,9-10,12H2,2H3;5-8,15,18H,1-4H3/t13-,14-,19-,20+;/m0./s1. The van der Waals surface area contributed by atoms with Crippen LogP contribution in [0.15, 0.2) is 89.9 Å². The van der Waals surface area contributed by atoms with E-state index in [1.807, 2.05) is 24.3 Å². The number of nitro groups is 1. The minimum absolute atomic E-state index is 0.128. The number of hydrogen-bond donors (Lipinski definition) is 2. The number of aromatic nitrogens is 1. The summed E-state index contributed by atoms with van der Waals surface area (Å²) in [6.45, 7) is 9.36. The molecule has 0 radical (unpaired) electrons. The Kier molecular flexibility index (Phi) is 10.8. The number of pyridine rings is 1. The van der Waals surface area contributed by atoms with Crippen LogP contribution in [-0.4, -0.2) is 72.3 Å². The monoisotopic (exact) mass is 670 g/mol. The molecule has 3 fully saturated rings. The van der Waals surface area contributed by atoms with Gasteiger partial charge in [0.1, 0.15) is 5.75 Å². The molecule has 258 valence electrons. The van der Waals surface area contributed by atoms with E-state index in [1.54, 1.807) is 33.2 Å². The molecule has 0 aliphatic carbocycles. The van der Waals surface area contributed by atoms with Gasteiger partial charge in [0.2, 0.25) is 0 Å². The van der Waals surface area contributed by atoms with Crippen molar-refractivity contribution in [1.29, 1.82) is 0 Å². The number of carbonyl (C=O) groups is 2. The number of benzene rings is 2. The zero-order valence-corrected chi connectivity index (χ0v) is 28.3. The first kappa shape index (κ1) is 35.2. The molecule has 0 amide bonds. The van der Waals surface area contributed by atoms with Crippen molar-refractivity contribution in [3.05, 3.63) is 111 Å². The minimum Gasteiger partial charge on any atom is -0.497 e. The van der Waals surface area contributed by atoms with Crippen molar-refractivity contribution in [2.24, 2.45) is 11.8 Å². The number of ether oxygens (including phenoxy) is 3. The summed E-state index contributed by atoms with van der Waals surface area (Å²) in [4.78, 5) is 42.4. The fourth-order valence-corrected chi connectivity index (χ4v) is 7.41. The predicted octanol–water partition coefficient (Wildman–Crippen LogP) is 5.35. The van der Waals surface area contributed by atoms with Crippen LogP contribution in [0, 0.1) is 22.0 Å². The van der Waals surface area contributed by atoms with E-state index in [2.05, 4.69) is 27.9 Å². The summed E-state index contributed by atoms with van der Waals surface area (Å²) in [5.74, 6) is -0.320. The molecule has 1 aromatic heterocycles. The molecule has 3 saturated heterocycles. The highest BCUT2D eigenvalue weighted by atomic mass is 16.6. The van der Waals surface area contributed by atoms with Crippen LogP contribution in [0.1, 0.15) is 49.8 Å².